The summed E-state index contributed by atoms with van der Waals surface area (Å²) in [6.45, 7) is 2.34. The van der Waals surface area contributed by atoms with E-state index in [1.807, 2.05) is 11.8 Å². The van der Waals surface area contributed by atoms with Crippen LogP contribution in [0.15, 0.2) is 35.2 Å². The third-order valence-corrected chi connectivity index (χ3v) is 4.75. The zero-order chi connectivity index (χ0) is 12.1. The van der Waals surface area contributed by atoms with Gasteiger partial charge in [-0.15, -0.1) is 11.8 Å². The molecule has 0 radical (unpaired) electrons. The van der Waals surface area contributed by atoms with Gasteiger partial charge in [-0.3, -0.25) is 0 Å². The Balaban J connectivity index is 1.78. The van der Waals surface area contributed by atoms with Crippen LogP contribution in [0.1, 0.15) is 39.0 Å². The first kappa shape index (κ1) is 13.0. The summed E-state index contributed by atoms with van der Waals surface area (Å²) in [6, 6.07) is 10.6. The number of nitrogens with two attached hydrogens (primary N) is 1. The number of hydrogen-bond donors (Lipinski definition) is 1. The Bertz CT molecular complexity index is 338. The van der Waals surface area contributed by atoms with Gasteiger partial charge in [0.25, 0.3) is 0 Å². The molecule has 0 aliphatic heterocycles. The molecule has 1 fully saturated rings. The van der Waals surface area contributed by atoms with Gasteiger partial charge in [-0.05, 0) is 43.1 Å². The lowest BCUT2D eigenvalue weighted by atomic mass is 9.76. The largest absolute Gasteiger partial charge is 0.325 e. The molecule has 1 aromatic rings. The monoisotopic (exact) mass is 249 g/mol. The molecule has 1 aliphatic rings. The molecule has 94 valence electrons. The van der Waals surface area contributed by atoms with E-state index in [9.17, 15) is 0 Å². The molecule has 0 heterocycles. The lowest BCUT2D eigenvalue weighted by Crippen LogP contribution is -2.44. The third-order valence-electron chi connectivity index (χ3n) is 3.74. The predicted molar refractivity (Wildman–Crippen MR) is 76.3 cm³/mol. The number of benzene rings is 1. The minimum atomic E-state index is 0.111. The summed E-state index contributed by atoms with van der Waals surface area (Å²) in [5.41, 5.74) is 6.61. The fourth-order valence-electron chi connectivity index (χ4n) is 2.82. The molecule has 2 rings (SSSR count). The van der Waals surface area contributed by atoms with Crippen LogP contribution in [0.5, 0.6) is 0 Å². The van der Waals surface area contributed by atoms with E-state index in [2.05, 4.69) is 37.3 Å². The van der Waals surface area contributed by atoms with Gasteiger partial charge in [0.1, 0.15) is 0 Å². The van der Waals surface area contributed by atoms with Crippen LogP contribution in [0.25, 0.3) is 0 Å². The Morgan fingerprint density at radius 3 is 2.82 bits per heavy atom. The summed E-state index contributed by atoms with van der Waals surface area (Å²) < 4.78 is 0. The average Bonchev–Trinajstić information content (AvgIpc) is 2.30. The molecule has 1 aromatic carbocycles. The highest BCUT2D eigenvalue weighted by Gasteiger charge is 2.30. The highest BCUT2D eigenvalue weighted by atomic mass is 32.2. The highest BCUT2D eigenvalue weighted by molar-refractivity contribution is 7.99. The van der Waals surface area contributed by atoms with Gasteiger partial charge in [-0.2, -0.15) is 0 Å². The Labute approximate surface area is 109 Å². The molecule has 2 unspecified atom stereocenters. The fourth-order valence-corrected chi connectivity index (χ4v) is 3.91. The standard InChI is InChI=1S/C15H23NS/c1-13-6-5-9-15(16,12-13)10-11-17-14-7-3-2-4-8-14/h2-4,7-8,13H,5-6,9-12,16H2,1H3. The fraction of sp³-hybridized carbons (Fsp3) is 0.600. The quantitative estimate of drug-likeness (QED) is 0.814. The zero-order valence-electron chi connectivity index (χ0n) is 10.7. The van der Waals surface area contributed by atoms with E-state index < -0.39 is 0 Å². The number of rotatable bonds is 4. The van der Waals surface area contributed by atoms with E-state index in [1.165, 1.54) is 30.6 Å². The van der Waals surface area contributed by atoms with Crippen molar-refractivity contribution in [3.05, 3.63) is 30.3 Å². The Kier molecular flexibility index (Phi) is 4.52. The third kappa shape index (κ3) is 4.04. The molecule has 17 heavy (non-hydrogen) atoms. The Morgan fingerprint density at radius 1 is 1.35 bits per heavy atom. The molecule has 2 atom stereocenters. The maximum atomic E-state index is 6.50. The van der Waals surface area contributed by atoms with Crippen LogP contribution in [-0.2, 0) is 0 Å². The molecule has 1 nitrogen and oxygen atoms in total. The number of thioether (sulfide) groups is 1. The van der Waals surface area contributed by atoms with Gasteiger partial charge in [0.05, 0.1) is 0 Å². The molecule has 0 bridgehead atoms. The summed E-state index contributed by atoms with van der Waals surface area (Å²) in [4.78, 5) is 1.36. The van der Waals surface area contributed by atoms with Crippen molar-refractivity contribution in [3.8, 4) is 0 Å². The average molecular weight is 249 g/mol. The molecule has 0 spiro atoms. The molecule has 0 aromatic heterocycles. The summed E-state index contributed by atoms with van der Waals surface area (Å²) >= 11 is 1.93. The van der Waals surface area contributed by atoms with Crippen molar-refractivity contribution in [3.63, 3.8) is 0 Å². The first-order valence-electron chi connectivity index (χ1n) is 6.65. The van der Waals surface area contributed by atoms with Gasteiger partial charge in [-0.25, -0.2) is 0 Å². The van der Waals surface area contributed by atoms with Gasteiger partial charge in [0, 0.05) is 10.4 Å². The molecular formula is C15H23NS. The van der Waals surface area contributed by atoms with Crippen molar-refractivity contribution >= 4 is 11.8 Å². The maximum Gasteiger partial charge on any atom is 0.0164 e. The van der Waals surface area contributed by atoms with Gasteiger partial charge < -0.3 is 5.73 Å². The maximum absolute atomic E-state index is 6.50. The van der Waals surface area contributed by atoms with E-state index in [4.69, 9.17) is 5.73 Å². The van der Waals surface area contributed by atoms with Crippen LogP contribution in [-0.4, -0.2) is 11.3 Å². The van der Waals surface area contributed by atoms with E-state index in [0.29, 0.717) is 0 Å². The van der Waals surface area contributed by atoms with Crippen molar-refractivity contribution in [2.45, 2.75) is 49.5 Å². The molecule has 0 saturated heterocycles. The second-order valence-electron chi connectivity index (χ2n) is 5.48. The lowest BCUT2D eigenvalue weighted by molar-refractivity contribution is 0.231. The molecular weight excluding hydrogens is 226 g/mol. The Hall–Kier alpha value is -0.470. The van der Waals surface area contributed by atoms with Gasteiger partial charge >= 0.3 is 0 Å². The molecule has 2 N–H and O–H groups in total. The SMILES string of the molecule is CC1CCCC(N)(CCSc2ccccc2)C1. The minimum absolute atomic E-state index is 0.111. The molecule has 1 aliphatic carbocycles. The summed E-state index contributed by atoms with van der Waals surface area (Å²) in [5, 5.41) is 0. The second kappa shape index (κ2) is 5.92. The van der Waals surface area contributed by atoms with Gasteiger partial charge in [0.2, 0.25) is 0 Å². The van der Waals surface area contributed by atoms with Crippen LogP contribution in [0.4, 0.5) is 0 Å². The predicted octanol–water partition coefficient (Wildman–Crippen LogP) is 4.08. The van der Waals surface area contributed by atoms with E-state index in [0.717, 1.165) is 18.1 Å². The molecule has 2 heteroatoms. The minimum Gasteiger partial charge on any atom is -0.325 e. The first-order valence-corrected chi connectivity index (χ1v) is 7.63. The Morgan fingerprint density at radius 2 is 2.12 bits per heavy atom. The van der Waals surface area contributed by atoms with E-state index in [1.54, 1.807) is 0 Å². The molecule has 0 amide bonds. The van der Waals surface area contributed by atoms with Crippen LogP contribution >= 0.6 is 11.8 Å². The van der Waals surface area contributed by atoms with Crippen molar-refractivity contribution < 1.29 is 0 Å². The lowest BCUT2D eigenvalue weighted by Gasteiger charge is -2.36. The van der Waals surface area contributed by atoms with Crippen LogP contribution < -0.4 is 5.73 Å². The van der Waals surface area contributed by atoms with E-state index in [-0.39, 0.29) is 5.54 Å². The van der Waals surface area contributed by atoms with Crippen LogP contribution in [0.3, 0.4) is 0 Å². The zero-order valence-corrected chi connectivity index (χ0v) is 11.5. The van der Waals surface area contributed by atoms with Crippen LogP contribution in [0.2, 0.25) is 0 Å². The summed E-state index contributed by atoms with van der Waals surface area (Å²) in [7, 11) is 0. The van der Waals surface area contributed by atoms with Gasteiger partial charge in [0.15, 0.2) is 0 Å². The normalized spacial score (nSPS) is 29.2. The summed E-state index contributed by atoms with van der Waals surface area (Å²) in [5.74, 6) is 1.96. The number of hydrogen-bond acceptors (Lipinski definition) is 2. The van der Waals surface area contributed by atoms with Crippen molar-refractivity contribution in [1.82, 2.24) is 0 Å². The van der Waals surface area contributed by atoms with Gasteiger partial charge in [-0.1, -0.05) is 38.0 Å². The van der Waals surface area contributed by atoms with Crippen molar-refractivity contribution in [2.75, 3.05) is 5.75 Å². The van der Waals surface area contributed by atoms with Crippen molar-refractivity contribution in [2.24, 2.45) is 11.7 Å². The van der Waals surface area contributed by atoms with Crippen LogP contribution in [0, 0.1) is 5.92 Å². The highest BCUT2D eigenvalue weighted by Crippen LogP contribution is 2.34. The second-order valence-corrected chi connectivity index (χ2v) is 6.64. The van der Waals surface area contributed by atoms with E-state index >= 15 is 0 Å². The summed E-state index contributed by atoms with van der Waals surface area (Å²) in [6.07, 6.45) is 6.25. The topological polar surface area (TPSA) is 26.0 Å². The first-order chi connectivity index (χ1) is 8.18. The molecule has 1 saturated carbocycles. The smallest absolute Gasteiger partial charge is 0.0164 e. The van der Waals surface area contributed by atoms with Crippen molar-refractivity contribution in [1.29, 1.82) is 0 Å².